The van der Waals surface area contributed by atoms with Gasteiger partial charge in [-0.05, 0) is 17.4 Å². The molecule has 84 valence electrons. The van der Waals surface area contributed by atoms with E-state index in [9.17, 15) is 4.79 Å². The largest absolute Gasteiger partial charge is 0.292 e. The third kappa shape index (κ3) is 3.18. The van der Waals surface area contributed by atoms with Gasteiger partial charge in [0.15, 0.2) is 5.78 Å². The maximum atomic E-state index is 11.8. The highest BCUT2D eigenvalue weighted by Crippen LogP contribution is 2.28. The Kier molecular flexibility index (Phi) is 3.32. The molecule has 0 radical (unpaired) electrons. The summed E-state index contributed by atoms with van der Waals surface area (Å²) in [5.41, 5.74) is 0.748. The lowest BCUT2D eigenvalue weighted by Crippen LogP contribution is -2.20. The van der Waals surface area contributed by atoms with Crippen LogP contribution in [0, 0.1) is 11.3 Å². The minimum Gasteiger partial charge on any atom is -0.292 e. The fourth-order valence-electron chi connectivity index (χ4n) is 1.25. The fraction of sp³-hybridized carbons (Fsp3) is 0.667. The third-order valence-electron chi connectivity index (χ3n) is 2.97. The van der Waals surface area contributed by atoms with Gasteiger partial charge in [0, 0.05) is 19.7 Å². The average molecular weight is 208 g/mol. The van der Waals surface area contributed by atoms with Crippen molar-refractivity contribution in [2.75, 3.05) is 0 Å². The zero-order chi connectivity index (χ0) is 11.6. The highest BCUT2D eigenvalue weighted by atomic mass is 16.1. The second kappa shape index (κ2) is 4.17. The van der Waals surface area contributed by atoms with E-state index in [1.165, 1.54) is 0 Å². The van der Waals surface area contributed by atoms with Crippen molar-refractivity contribution in [3.05, 3.63) is 18.0 Å². The first kappa shape index (κ1) is 12.0. The van der Waals surface area contributed by atoms with Crippen molar-refractivity contribution in [2.24, 2.45) is 18.4 Å². The Labute approximate surface area is 91.5 Å². The van der Waals surface area contributed by atoms with Crippen LogP contribution in [0.4, 0.5) is 0 Å². The third-order valence-corrected chi connectivity index (χ3v) is 2.97. The number of aryl methyl sites for hydroxylation is 1. The predicted molar refractivity (Wildman–Crippen MR) is 60.8 cm³/mol. The molecule has 0 saturated heterocycles. The van der Waals surface area contributed by atoms with Crippen LogP contribution in [0.15, 0.2) is 12.3 Å². The standard InChI is InChI=1S/C12H20N2O/c1-9(12(2,3)4)8-11(15)10-6-7-14(5)13-10/h6-7,9H,8H2,1-5H3. The van der Waals surface area contributed by atoms with Crippen LogP contribution >= 0.6 is 0 Å². The molecule has 1 atom stereocenters. The van der Waals surface area contributed by atoms with Crippen LogP contribution in [0.3, 0.4) is 0 Å². The summed E-state index contributed by atoms with van der Waals surface area (Å²) in [6.45, 7) is 8.58. The lowest BCUT2D eigenvalue weighted by atomic mass is 9.79. The van der Waals surface area contributed by atoms with Gasteiger partial charge in [-0.1, -0.05) is 27.7 Å². The molecule has 1 aromatic heterocycles. The molecule has 0 bridgehead atoms. The molecular formula is C12H20N2O. The van der Waals surface area contributed by atoms with E-state index in [0.717, 1.165) is 0 Å². The Hall–Kier alpha value is -1.12. The van der Waals surface area contributed by atoms with E-state index in [1.54, 1.807) is 16.9 Å². The van der Waals surface area contributed by atoms with E-state index in [0.29, 0.717) is 18.0 Å². The van der Waals surface area contributed by atoms with Crippen molar-refractivity contribution >= 4 is 5.78 Å². The van der Waals surface area contributed by atoms with Gasteiger partial charge in [0.25, 0.3) is 0 Å². The van der Waals surface area contributed by atoms with E-state index in [-0.39, 0.29) is 11.2 Å². The number of aromatic nitrogens is 2. The van der Waals surface area contributed by atoms with Crippen molar-refractivity contribution in [1.82, 2.24) is 9.78 Å². The highest BCUT2D eigenvalue weighted by molar-refractivity contribution is 5.94. The number of hydrogen-bond donors (Lipinski definition) is 0. The molecule has 0 aliphatic rings. The van der Waals surface area contributed by atoms with Gasteiger partial charge in [-0.25, -0.2) is 0 Å². The molecule has 1 unspecified atom stereocenters. The van der Waals surface area contributed by atoms with Crippen molar-refractivity contribution in [2.45, 2.75) is 34.1 Å². The number of carbonyl (C=O) groups is 1. The van der Waals surface area contributed by atoms with Gasteiger partial charge in [0.1, 0.15) is 5.69 Å². The zero-order valence-corrected chi connectivity index (χ0v) is 10.2. The van der Waals surface area contributed by atoms with E-state index < -0.39 is 0 Å². The Morgan fingerprint density at radius 3 is 2.53 bits per heavy atom. The molecule has 1 aromatic rings. The van der Waals surface area contributed by atoms with Crippen LogP contribution < -0.4 is 0 Å². The molecule has 0 fully saturated rings. The minimum absolute atomic E-state index is 0.137. The second-order valence-corrected chi connectivity index (χ2v) is 5.27. The molecule has 0 saturated carbocycles. The number of nitrogens with zero attached hydrogens (tertiary/aromatic N) is 2. The molecule has 0 N–H and O–H groups in total. The summed E-state index contributed by atoms with van der Waals surface area (Å²) in [4.78, 5) is 11.8. The number of Topliss-reactive ketones (excluding diaryl/α,β-unsaturated/α-hetero) is 1. The smallest absolute Gasteiger partial charge is 0.183 e. The normalized spacial score (nSPS) is 13.9. The minimum atomic E-state index is 0.137. The van der Waals surface area contributed by atoms with Crippen molar-refractivity contribution in [1.29, 1.82) is 0 Å². The number of carbonyl (C=O) groups excluding carboxylic acids is 1. The van der Waals surface area contributed by atoms with E-state index in [1.807, 2.05) is 7.05 Å². The summed E-state index contributed by atoms with van der Waals surface area (Å²) < 4.78 is 1.66. The van der Waals surface area contributed by atoms with Crippen LogP contribution in [0.5, 0.6) is 0 Å². The predicted octanol–water partition coefficient (Wildman–Crippen LogP) is 2.68. The van der Waals surface area contributed by atoms with Gasteiger partial charge in [-0.15, -0.1) is 0 Å². The summed E-state index contributed by atoms with van der Waals surface area (Å²) >= 11 is 0. The maximum Gasteiger partial charge on any atom is 0.183 e. The summed E-state index contributed by atoms with van der Waals surface area (Å²) in [5, 5.41) is 4.11. The van der Waals surface area contributed by atoms with E-state index in [2.05, 4.69) is 32.8 Å². The average Bonchev–Trinajstić information content (AvgIpc) is 2.50. The van der Waals surface area contributed by atoms with E-state index >= 15 is 0 Å². The fourth-order valence-corrected chi connectivity index (χ4v) is 1.25. The Morgan fingerprint density at radius 2 is 2.13 bits per heavy atom. The van der Waals surface area contributed by atoms with Crippen LogP contribution in [-0.4, -0.2) is 15.6 Å². The van der Waals surface area contributed by atoms with Crippen molar-refractivity contribution < 1.29 is 4.79 Å². The molecule has 15 heavy (non-hydrogen) atoms. The van der Waals surface area contributed by atoms with Gasteiger partial charge < -0.3 is 0 Å². The van der Waals surface area contributed by atoms with Gasteiger partial charge in [0.05, 0.1) is 0 Å². The van der Waals surface area contributed by atoms with Crippen LogP contribution in [0.1, 0.15) is 44.6 Å². The molecule has 0 spiro atoms. The molecule has 1 heterocycles. The topological polar surface area (TPSA) is 34.9 Å². The molecule has 1 rings (SSSR count). The number of ketones is 1. The monoisotopic (exact) mass is 208 g/mol. The number of rotatable bonds is 3. The molecule has 0 aliphatic carbocycles. The molecule has 0 aliphatic heterocycles. The van der Waals surface area contributed by atoms with Gasteiger partial charge in [-0.2, -0.15) is 5.10 Å². The number of hydrogen-bond acceptors (Lipinski definition) is 2. The summed E-state index contributed by atoms with van der Waals surface area (Å²) in [5.74, 6) is 0.505. The Bertz CT molecular complexity index is 347. The lowest BCUT2D eigenvalue weighted by Gasteiger charge is -2.26. The van der Waals surface area contributed by atoms with Crippen LogP contribution in [0.2, 0.25) is 0 Å². The van der Waals surface area contributed by atoms with Gasteiger partial charge in [-0.3, -0.25) is 9.48 Å². The van der Waals surface area contributed by atoms with Crippen LogP contribution in [-0.2, 0) is 7.05 Å². The summed E-state index contributed by atoms with van der Waals surface area (Å²) in [6.07, 6.45) is 2.37. The van der Waals surface area contributed by atoms with E-state index in [4.69, 9.17) is 0 Å². The SMILES string of the molecule is CC(CC(=O)c1ccn(C)n1)C(C)(C)C. The summed E-state index contributed by atoms with van der Waals surface area (Å²) in [7, 11) is 1.82. The Balaban J connectivity index is 2.64. The molecule has 0 aromatic carbocycles. The van der Waals surface area contributed by atoms with Crippen molar-refractivity contribution in [3.8, 4) is 0 Å². The van der Waals surface area contributed by atoms with Crippen LogP contribution in [0.25, 0.3) is 0 Å². The first-order valence-corrected chi connectivity index (χ1v) is 5.33. The summed E-state index contributed by atoms with van der Waals surface area (Å²) in [6, 6.07) is 1.78. The first-order valence-electron chi connectivity index (χ1n) is 5.33. The second-order valence-electron chi connectivity index (χ2n) is 5.27. The first-order chi connectivity index (χ1) is 6.80. The zero-order valence-electron chi connectivity index (χ0n) is 10.2. The molecular weight excluding hydrogens is 188 g/mol. The maximum absolute atomic E-state index is 11.8. The van der Waals surface area contributed by atoms with Gasteiger partial charge >= 0.3 is 0 Å². The van der Waals surface area contributed by atoms with Gasteiger partial charge in [0.2, 0.25) is 0 Å². The molecule has 3 heteroatoms. The van der Waals surface area contributed by atoms with Crippen molar-refractivity contribution in [3.63, 3.8) is 0 Å². The Morgan fingerprint density at radius 1 is 1.53 bits per heavy atom. The molecule has 0 amide bonds. The quantitative estimate of drug-likeness (QED) is 0.716. The molecule has 3 nitrogen and oxygen atoms in total. The highest BCUT2D eigenvalue weighted by Gasteiger charge is 2.23. The lowest BCUT2D eigenvalue weighted by molar-refractivity contribution is 0.0921.